The zero-order valence-corrected chi connectivity index (χ0v) is 5.15. The number of hydrogen-bond donors (Lipinski definition) is 2. The van der Waals surface area contributed by atoms with Gasteiger partial charge in [-0.05, 0) is 0 Å². The molecule has 0 atom stereocenters. The number of aliphatic hydroxyl groups excluding tert-OH is 2. The third kappa shape index (κ3) is 4.11. The molecule has 0 heterocycles. The van der Waals surface area contributed by atoms with Crippen LogP contribution in [0.5, 0.6) is 0 Å². The molecule has 0 saturated carbocycles. The Kier molecular flexibility index (Phi) is 5.05. The molecule has 0 bridgehead atoms. The minimum atomic E-state index is -0.440. The van der Waals surface area contributed by atoms with Crippen molar-refractivity contribution in [1.82, 2.24) is 0 Å². The van der Waals surface area contributed by atoms with Crippen LogP contribution in [0.2, 0.25) is 0 Å². The number of thioether (sulfide) groups is 1. The molecule has 8 heavy (non-hydrogen) atoms. The summed E-state index contributed by atoms with van der Waals surface area (Å²) in [6, 6.07) is 0. The molecule has 0 fully saturated rings. The van der Waals surface area contributed by atoms with Crippen LogP contribution in [0, 0.1) is 0 Å². The Labute approximate surface area is 51.7 Å². The van der Waals surface area contributed by atoms with Gasteiger partial charge in [0.1, 0.15) is 6.61 Å². The maximum Gasteiger partial charge on any atom is 0.214 e. The molecule has 0 aliphatic carbocycles. The Bertz CT molecular complexity index is 73.7. The molecule has 0 amide bonds. The van der Waals surface area contributed by atoms with Gasteiger partial charge in [0.05, 0.1) is 6.61 Å². The van der Waals surface area contributed by atoms with E-state index in [1.807, 2.05) is 0 Å². The van der Waals surface area contributed by atoms with Gasteiger partial charge in [-0.3, -0.25) is 4.79 Å². The van der Waals surface area contributed by atoms with Crippen LogP contribution < -0.4 is 0 Å². The SMILES string of the molecule is O=C(CO)SCCO. The molecule has 0 aliphatic rings. The van der Waals surface area contributed by atoms with Gasteiger partial charge in [0, 0.05) is 5.75 Å². The lowest BCUT2D eigenvalue weighted by atomic mass is 10.8. The van der Waals surface area contributed by atoms with Crippen molar-refractivity contribution in [1.29, 1.82) is 0 Å². The van der Waals surface area contributed by atoms with Crippen LogP contribution >= 0.6 is 11.8 Å². The number of carbonyl (C=O) groups is 1. The van der Waals surface area contributed by atoms with Crippen molar-refractivity contribution in [2.75, 3.05) is 19.0 Å². The van der Waals surface area contributed by atoms with E-state index in [0.717, 1.165) is 11.8 Å². The largest absolute Gasteiger partial charge is 0.396 e. The molecule has 3 nitrogen and oxygen atoms in total. The summed E-state index contributed by atoms with van der Waals surface area (Å²) in [7, 11) is 0. The maximum absolute atomic E-state index is 10.2. The molecule has 48 valence electrons. The minimum Gasteiger partial charge on any atom is -0.396 e. The number of carbonyl (C=O) groups excluding carboxylic acids is 1. The summed E-state index contributed by atoms with van der Waals surface area (Å²) in [4.78, 5) is 10.2. The second-order valence-electron chi connectivity index (χ2n) is 1.10. The zero-order chi connectivity index (χ0) is 6.41. The van der Waals surface area contributed by atoms with E-state index in [9.17, 15) is 4.79 Å². The first-order valence-corrected chi connectivity index (χ1v) is 3.17. The Balaban J connectivity index is 2.99. The van der Waals surface area contributed by atoms with E-state index in [1.165, 1.54) is 0 Å². The Hall–Kier alpha value is -0.0600. The highest BCUT2D eigenvalue weighted by Gasteiger charge is 1.96. The molecule has 0 rings (SSSR count). The zero-order valence-electron chi connectivity index (χ0n) is 4.33. The van der Waals surface area contributed by atoms with Crippen LogP contribution in [0.1, 0.15) is 0 Å². The van der Waals surface area contributed by atoms with Crippen LogP contribution in [0.3, 0.4) is 0 Å². The van der Waals surface area contributed by atoms with Gasteiger partial charge < -0.3 is 10.2 Å². The normalized spacial score (nSPS) is 9.25. The van der Waals surface area contributed by atoms with Gasteiger partial charge >= 0.3 is 0 Å². The summed E-state index contributed by atoms with van der Waals surface area (Å²) in [6.07, 6.45) is 0. The van der Waals surface area contributed by atoms with Gasteiger partial charge in [0.15, 0.2) is 0 Å². The second kappa shape index (κ2) is 5.08. The van der Waals surface area contributed by atoms with Gasteiger partial charge in [0.25, 0.3) is 0 Å². The van der Waals surface area contributed by atoms with Crippen LogP contribution in [0.15, 0.2) is 0 Å². The van der Waals surface area contributed by atoms with Crippen LogP contribution in [-0.2, 0) is 4.79 Å². The van der Waals surface area contributed by atoms with Gasteiger partial charge in [-0.1, -0.05) is 11.8 Å². The first-order chi connectivity index (χ1) is 3.81. The average molecular weight is 136 g/mol. The van der Waals surface area contributed by atoms with Crippen molar-refractivity contribution in [3.05, 3.63) is 0 Å². The van der Waals surface area contributed by atoms with E-state index in [1.54, 1.807) is 0 Å². The summed E-state index contributed by atoms with van der Waals surface area (Å²) < 4.78 is 0. The van der Waals surface area contributed by atoms with E-state index >= 15 is 0 Å². The molecule has 4 heteroatoms. The van der Waals surface area contributed by atoms with E-state index in [2.05, 4.69) is 0 Å². The predicted octanol–water partition coefficient (Wildman–Crippen LogP) is -0.769. The van der Waals surface area contributed by atoms with Crippen molar-refractivity contribution >= 4 is 16.9 Å². The van der Waals surface area contributed by atoms with E-state index in [0.29, 0.717) is 5.75 Å². The molecule has 0 aliphatic heterocycles. The summed E-state index contributed by atoms with van der Waals surface area (Å²) in [6.45, 7) is -0.457. The van der Waals surface area contributed by atoms with Crippen LogP contribution in [0.4, 0.5) is 0 Å². The minimum absolute atomic E-state index is 0.0175. The molecular weight excluding hydrogens is 128 g/mol. The van der Waals surface area contributed by atoms with Gasteiger partial charge in [0.2, 0.25) is 5.12 Å². The monoisotopic (exact) mass is 136 g/mol. The molecule has 0 spiro atoms. The highest BCUT2D eigenvalue weighted by Crippen LogP contribution is 1.97. The van der Waals surface area contributed by atoms with Crippen LogP contribution in [0.25, 0.3) is 0 Å². The molecule has 0 saturated heterocycles. The van der Waals surface area contributed by atoms with Crippen molar-refractivity contribution in [2.24, 2.45) is 0 Å². The fourth-order valence-corrected chi connectivity index (χ4v) is 0.615. The molecule has 0 aromatic rings. The highest BCUT2D eigenvalue weighted by atomic mass is 32.2. The van der Waals surface area contributed by atoms with Crippen molar-refractivity contribution < 1.29 is 15.0 Å². The topological polar surface area (TPSA) is 57.5 Å². The molecular formula is C4H8O3S. The second-order valence-corrected chi connectivity index (χ2v) is 2.25. The number of rotatable bonds is 3. The lowest BCUT2D eigenvalue weighted by Crippen LogP contribution is -2.00. The van der Waals surface area contributed by atoms with Gasteiger partial charge in [-0.25, -0.2) is 0 Å². The smallest absolute Gasteiger partial charge is 0.214 e. The molecule has 2 N–H and O–H groups in total. The van der Waals surface area contributed by atoms with Crippen molar-refractivity contribution in [3.63, 3.8) is 0 Å². The Morgan fingerprint density at radius 2 is 2.12 bits per heavy atom. The third-order valence-electron chi connectivity index (χ3n) is 0.483. The first kappa shape index (κ1) is 7.94. The number of hydrogen-bond acceptors (Lipinski definition) is 4. The average Bonchev–Trinajstić information content (AvgIpc) is 1.83. The lowest BCUT2D eigenvalue weighted by Gasteiger charge is -1.90. The van der Waals surface area contributed by atoms with Crippen molar-refractivity contribution in [3.8, 4) is 0 Å². The Morgan fingerprint density at radius 1 is 1.50 bits per heavy atom. The van der Waals surface area contributed by atoms with E-state index in [-0.39, 0.29) is 11.7 Å². The summed E-state index contributed by atoms with van der Waals surface area (Å²) >= 11 is 0.937. The Morgan fingerprint density at radius 3 is 2.50 bits per heavy atom. The molecule has 0 aromatic carbocycles. The summed E-state index contributed by atoms with van der Waals surface area (Å²) in [5.74, 6) is 0.374. The number of aliphatic hydroxyl groups is 2. The maximum atomic E-state index is 10.2. The molecule has 0 unspecified atom stereocenters. The fraction of sp³-hybridized carbons (Fsp3) is 0.750. The molecule has 0 radical (unpaired) electrons. The van der Waals surface area contributed by atoms with Gasteiger partial charge in [-0.15, -0.1) is 0 Å². The molecule has 0 aromatic heterocycles. The third-order valence-corrected chi connectivity index (χ3v) is 1.32. The van der Waals surface area contributed by atoms with Gasteiger partial charge in [-0.2, -0.15) is 0 Å². The van der Waals surface area contributed by atoms with E-state index in [4.69, 9.17) is 10.2 Å². The lowest BCUT2D eigenvalue weighted by molar-refractivity contribution is -0.113. The summed E-state index contributed by atoms with van der Waals surface area (Å²) in [5.41, 5.74) is 0. The summed E-state index contributed by atoms with van der Waals surface area (Å²) in [5, 5.41) is 16.0. The predicted molar refractivity (Wildman–Crippen MR) is 31.6 cm³/mol. The fourth-order valence-electron chi connectivity index (χ4n) is 0.205. The van der Waals surface area contributed by atoms with Crippen LogP contribution in [-0.4, -0.2) is 34.3 Å². The quantitative estimate of drug-likeness (QED) is 0.535. The standard InChI is InChI=1S/C4H8O3S/c5-1-2-8-4(7)3-6/h5-6H,1-3H2. The van der Waals surface area contributed by atoms with E-state index < -0.39 is 6.61 Å². The van der Waals surface area contributed by atoms with Crippen molar-refractivity contribution in [2.45, 2.75) is 0 Å². The highest BCUT2D eigenvalue weighted by molar-refractivity contribution is 8.13. The first-order valence-electron chi connectivity index (χ1n) is 2.18.